The molecule has 1 aromatic heterocycles. The molecule has 51 heavy (non-hydrogen) atoms. The molecule has 3 atom stereocenters. The lowest BCUT2D eigenvalue weighted by Gasteiger charge is -2.21. The second-order valence-corrected chi connectivity index (χ2v) is 11.2. The third-order valence-electron chi connectivity index (χ3n) is 7.28. The molecule has 272 valence electrons. The van der Waals surface area contributed by atoms with Crippen molar-refractivity contribution in [2.75, 3.05) is 26.2 Å². The fraction of sp³-hybridized carbons (Fsp3) is 0.312. The molecule has 0 aliphatic rings. The molecular weight excluding hydrogens is 670 g/mol. The minimum Gasteiger partial charge on any atom is -0.508 e. The number of aromatic hydroxyl groups is 1. The summed E-state index contributed by atoms with van der Waals surface area (Å²) < 4.78 is 0. The number of carboxylic acid groups (broad SMARTS) is 1. The van der Waals surface area contributed by atoms with Gasteiger partial charge in [0.05, 0.1) is 32.6 Å². The van der Waals surface area contributed by atoms with Crippen LogP contribution in [0.15, 0.2) is 54.7 Å². The maximum Gasteiger partial charge on any atom is 0.305 e. The molecule has 19 heteroatoms. The molecule has 0 saturated carbocycles. The molecule has 0 fully saturated rings. The van der Waals surface area contributed by atoms with Crippen molar-refractivity contribution in [1.29, 1.82) is 0 Å². The maximum atomic E-state index is 13.3. The van der Waals surface area contributed by atoms with Crippen LogP contribution in [-0.4, -0.2) is 107 Å². The monoisotopic (exact) mass is 709 g/mol. The van der Waals surface area contributed by atoms with E-state index in [4.69, 9.17) is 16.6 Å². The lowest BCUT2D eigenvalue weighted by Crippen LogP contribution is -2.55. The van der Waals surface area contributed by atoms with E-state index in [1.54, 1.807) is 42.6 Å². The number of aromatic nitrogens is 1. The fourth-order valence-electron chi connectivity index (χ4n) is 4.81. The number of hydrogen-bond donors (Lipinski definition) is 11. The van der Waals surface area contributed by atoms with Gasteiger partial charge in [0.15, 0.2) is 0 Å². The molecule has 0 radical (unpaired) electrons. The summed E-state index contributed by atoms with van der Waals surface area (Å²) in [5.74, 6) is -7.25. The van der Waals surface area contributed by atoms with Gasteiger partial charge in [0.2, 0.25) is 41.4 Å². The Hall–Kier alpha value is -6.50. The molecule has 7 amide bonds. The van der Waals surface area contributed by atoms with Gasteiger partial charge in [0.25, 0.3) is 0 Å². The van der Waals surface area contributed by atoms with Crippen LogP contribution in [-0.2, 0) is 51.2 Å². The van der Waals surface area contributed by atoms with Crippen LogP contribution in [0.25, 0.3) is 10.9 Å². The molecule has 1 heterocycles. The summed E-state index contributed by atoms with van der Waals surface area (Å²) in [6.45, 7) is -2.34. The quantitative estimate of drug-likeness (QED) is 0.0577. The van der Waals surface area contributed by atoms with E-state index in [2.05, 4.69) is 36.9 Å². The van der Waals surface area contributed by atoms with Gasteiger partial charge in [-0.25, -0.2) is 0 Å². The number of benzene rings is 2. The van der Waals surface area contributed by atoms with Crippen molar-refractivity contribution in [2.45, 2.75) is 37.4 Å². The third kappa shape index (κ3) is 12.8. The number of primary amides is 1. The summed E-state index contributed by atoms with van der Waals surface area (Å²) >= 11 is 0. The van der Waals surface area contributed by atoms with Crippen LogP contribution < -0.4 is 43.4 Å². The van der Waals surface area contributed by atoms with Crippen LogP contribution in [0.1, 0.15) is 17.5 Å². The lowest BCUT2D eigenvalue weighted by atomic mass is 10.0. The van der Waals surface area contributed by atoms with E-state index in [0.717, 1.165) is 10.9 Å². The van der Waals surface area contributed by atoms with Gasteiger partial charge >= 0.3 is 5.97 Å². The number of carbonyl (C=O) groups is 8. The number of aromatic amines is 1. The van der Waals surface area contributed by atoms with Crippen LogP contribution in [0.5, 0.6) is 5.75 Å². The molecular formula is C32H39N9O10. The molecule has 13 N–H and O–H groups in total. The van der Waals surface area contributed by atoms with E-state index in [1.165, 1.54) is 12.1 Å². The number of aliphatic carboxylic acids is 1. The van der Waals surface area contributed by atoms with Crippen molar-refractivity contribution >= 4 is 58.2 Å². The van der Waals surface area contributed by atoms with E-state index in [9.17, 15) is 43.5 Å². The number of carbonyl (C=O) groups excluding carboxylic acids is 7. The number of carboxylic acids is 1. The van der Waals surface area contributed by atoms with Crippen molar-refractivity contribution in [1.82, 2.24) is 36.9 Å². The van der Waals surface area contributed by atoms with Gasteiger partial charge in [-0.1, -0.05) is 30.3 Å². The van der Waals surface area contributed by atoms with E-state index in [-0.39, 0.29) is 18.6 Å². The topological polar surface area (TPSA) is 317 Å². The molecule has 0 bridgehead atoms. The second kappa shape index (κ2) is 18.9. The number of para-hydroxylation sites is 1. The first-order valence-electron chi connectivity index (χ1n) is 15.5. The number of hydrogen-bond acceptors (Lipinski definition) is 10. The van der Waals surface area contributed by atoms with E-state index >= 15 is 0 Å². The Kier molecular flexibility index (Phi) is 14.4. The third-order valence-corrected chi connectivity index (χ3v) is 7.28. The van der Waals surface area contributed by atoms with Gasteiger partial charge in [-0.2, -0.15) is 0 Å². The highest BCUT2D eigenvalue weighted by Crippen LogP contribution is 2.19. The Bertz CT molecular complexity index is 1760. The average Bonchev–Trinajstić information content (AvgIpc) is 3.50. The highest BCUT2D eigenvalue weighted by molar-refractivity contribution is 5.96. The number of fused-ring (bicyclic) bond motifs is 1. The minimum atomic E-state index is -1.59. The van der Waals surface area contributed by atoms with Crippen molar-refractivity contribution < 1.29 is 48.6 Å². The van der Waals surface area contributed by atoms with Crippen molar-refractivity contribution in [2.24, 2.45) is 11.5 Å². The fourth-order valence-corrected chi connectivity index (χ4v) is 4.81. The predicted molar refractivity (Wildman–Crippen MR) is 179 cm³/mol. The normalized spacial score (nSPS) is 12.4. The first-order chi connectivity index (χ1) is 24.2. The summed E-state index contributed by atoms with van der Waals surface area (Å²) in [7, 11) is 0. The average molecular weight is 710 g/mol. The molecule has 0 aliphatic carbocycles. The Balaban J connectivity index is 1.69. The smallest absolute Gasteiger partial charge is 0.305 e. The zero-order valence-corrected chi connectivity index (χ0v) is 27.2. The van der Waals surface area contributed by atoms with Crippen molar-refractivity contribution in [3.8, 4) is 5.75 Å². The van der Waals surface area contributed by atoms with Gasteiger partial charge in [0, 0.05) is 29.9 Å². The lowest BCUT2D eigenvalue weighted by molar-refractivity contribution is -0.140. The molecule has 1 unspecified atom stereocenters. The number of rotatable bonds is 19. The second-order valence-electron chi connectivity index (χ2n) is 11.2. The van der Waals surface area contributed by atoms with Crippen molar-refractivity contribution in [3.63, 3.8) is 0 Å². The number of H-pyrrole nitrogens is 1. The molecule has 0 saturated heterocycles. The SMILES string of the molecule is NCC(=O)N[C@@H](Cc1ccc(O)cc1)C(=O)NCC(=O)N[C@@H](Cc1c[nH]c2ccccc12)C(=O)NCC(=O)NC(CC(=O)O)C(=O)NCC(N)=O. The van der Waals surface area contributed by atoms with E-state index in [0.29, 0.717) is 11.1 Å². The van der Waals surface area contributed by atoms with Crippen LogP contribution in [0.3, 0.4) is 0 Å². The van der Waals surface area contributed by atoms with Crippen molar-refractivity contribution in [3.05, 3.63) is 65.9 Å². The molecule has 19 nitrogen and oxygen atoms in total. The number of phenolic OH excluding ortho intramolecular Hbond substituents is 1. The Labute approximate surface area is 290 Å². The Morgan fingerprint density at radius 2 is 1.22 bits per heavy atom. The number of amides is 7. The zero-order valence-electron chi connectivity index (χ0n) is 27.2. The highest BCUT2D eigenvalue weighted by Gasteiger charge is 2.27. The van der Waals surface area contributed by atoms with Gasteiger partial charge in [-0.3, -0.25) is 38.4 Å². The summed E-state index contributed by atoms with van der Waals surface area (Å²) in [6.07, 6.45) is 0.749. The summed E-state index contributed by atoms with van der Waals surface area (Å²) in [5.41, 5.74) is 12.3. The highest BCUT2D eigenvalue weighted by atomic mass is 16.4. The van der Waals surface area contributed by atoms with E-state index in [1.807, 2.05) is 0 Å². The summed E-state index contributed by atoms with van der Waals surface area (Å²) in [6, 6.07) is 9.07. The molecule has 0 aliphatic heterocycles. The maximum absolute atomic E-state index is 13.3. The summed E-state index contributed by atoms with van der Waals surface area (Å²) in [4.78, 5) is 102. The number of phenols is 1. The van der Waals surface area contributed by atoms with Crippen LogP contribution in [0, 0.1) is 0 Å². The minimum absolute atomic E-state index is 0.00104. The Morgan fingerprint density at radius 1 is 0.686 bits per heavy atom. The zero-order chi connectivity index (χ0) is 37.5. The van der Waals surface area contributed by atoms with E-state index < -0.39 is 98.0 Å². The standard InChI is InChI=1S/C32H39N9O10/c33-12-26(44)39-22(9-17-5-7-19(42)8-6-17)30(49)37-15-27(45)40-23(10-18-13-35-21-4-2-1-3-20(18)21)31(50)38-16-28(46)41-24(11-29(47)48)32(51)36-14-25(34)43/h1-8,13,22-24,35,42H,9-12,14-16,33H2,(H2,34,43)(H,36,51)(H,37,49)(H,38,50)(H,39,44)(H,40,45)(H,41,46)(H,47,48)/t22-,23-,24?/m0/s1. The van der Waals surface area contributed by atoms with Crippen LogP contribution in [0.2, 0.25) is 0 Å². The Morgan fingerprint density at radius 3 is 1.80 bits per heavy atom. The van der Waals surface area contributed by atoms with Gasteiger partial charge in [-0.15, -0.1) is 0 Å². The molecule has 3 aromatic rings. The first-order valence-corrected chi connectivity index (χ1v) is 15.5. The van der Waals surface area contributed by atoms with Crippen LogP contribution in [0.4, 0.5) is 0 Å². The predicted octanol–water partition coefficient (Wildman–Crippen LogP) is -3.62. The molecule has 2 aromatic carbocycles. The summed E-state index contributed by atoms with van der Waals surface area (Å²) in [5, 5.41) is 33.5. The van der Waals surface area contributed by atoms with Crippen LogP contribution >= 0.6 is 0 Å². The van der Waals surface area contributed by atoms with Gasteiger partial charge in [0.1, 0.15) is 23.9 Å². The molecule has 3 rings (SSSR count). The van der Waals surface area contributed by atoms with Gasteiger partial charge < -0.3 is 58.6 Å². The molecule has 0 spiro atoms. The first kappa shape index (κ1) is 38.9. The largest absolute Gasteiger partial charge is 0.508 e. The van der Waals surface area contributed by atoms with Gasteiger partial charge in [-0.05, 0) is 29.3 Å². The number of nitrogens with two attached hydrogens (primary N) is 2. The number of nitrogens with one attached hydrogen (secondary N) is 7.